The highest BCUT2D eigenvalue weighted by Gasteiger charge is 2.04. The van der Waals surface area contributed by atoms with Crippen LogP contribution in [0.5, 0.6) is 11.5 Å². The second-order valence-electron chi connectivity index (χ2n) is 8.21. The van der Waals surface area contributed by atoms with E-state index >= 15 is 0 Å². The lowest BCUT2D eigenvalue weighted by Gasteiger charge is -2.10. The number of benzene rings is 3. The number of aryl methyl sites for hydroxylation is 1. The fourth-order valence-electron chi connectivity index (χ4n) is 3.47. The van der Waals surface area contributed by atoms with Gasteiger partial charge < -0.3 is 0 Å². The molecule has 0 bridgehead atoms. The van der Waals surface area contributed by atoms with Crippen molar-refractivity contribution in [1.29, 1.82) is 0 Å². The summed E-state index contributed by atoms with van der Waals surface area (Å²) in [5.41, 5.74) is 5.14. The molecule has 0 heterocycles. The predicted octanol–water partition coefficient (Wildman–Crippen LogP) is 8.05. The standard InChI is InChI=1S/C28H34O2/c1-4-6-7-8-23-9-13-25(14-10-23)26-15-19-28(20-16-26)30-29-27-17-11-24(12-18-27)21-22(3)5-2/h9-20,22H,4-8,21H2,1-3H3. The summed E-state index contributed by atoms with van der Waals surface area (Å²) in [5.74, 6) is 2.10. The van der Waals surface area contributed by atoms with Crippen molar-refractivity contribution in [3.63, 3.8) is 0 Å². The van der Waals surface area contributed by atoms with Crippen molar-refractivity contribution in [2.45, 2.75) is 59.3 Å². The maximum absolute atomic E-state index is 5.50. The highest BCUT2D eigenvalue weighted by atomic mass is 17.2. The van der Waals surface area contributed by atoms with E-state index in [0.717, 1.165) is 12.8 Å². The van der Waals surface area contributed by atoms with Crippen molar-refractivity contribution in [2.75, 3.05) is 0 Å². The lowest BCUT2D eigenvalue weighted by molar-refractivity contribution is -0.0999. The molecule has 158 valence electrons. The second kappa shape index (κ2) is 11.4. The minimum atomic E-state index is 0.693. The Morgan fingerprint density at radius 3 is 1.67 bits per heavy atom. The summed E-state index contributed by atoms with van der Waals surface area (Å²) in [7, 11) is 0. The summed E-state index contributed by atoms with van der Waals surface area (Å²) in [6.45, 7) is 6.75. The van der Waals surface area contributed by atoms with E-state index in [1.165, 1.54) is 47.9 Å². The van der Waals surface area contributed by atoms with E-state index in [1.807, 2.05) is 24.3 Å². The number of rotatable bonds is 11. The fourth-order valence-corrected chi connectivity index (χ4v) is 3.47. The van der Waals surface area contributed by atoms with Crippen LogP contribution in [0, 0.1) is 5.92 Å². The topological polar surface area (TPSA) is 18.5 Å². The molecule has 2 heteroatoms. The molecule has 0 spiro atoms. The first-order chi connectivity index (χ1) is 14.7. The summed E-state index contributed by atoms with van der Waals surface area (Å²) >= 11 is 0. The highest BCUT2D eigenvalue weighted by molar-refractivity contribution is 5.64. The molecule has 0 amide bonds. The van der Waals surface area contributed by atoms with Gasteiger partial charge in [-0.05, 0) is 71.7 Å². The average Bonchev–Trinajstić information content (AvgIpc) is 2.79. The van der Waals surface area contributed by atoms with Crippen molar-refractivity contribution < 1.29 is 9.78 Å². The van der Waals surface area contributed by atoms with Gasteiger partial charge in [0.25, 0.3) is 0 Å². The fraction of sp³-hybridized carbons (Fsp3) is 0.357. The van der Waals surface area contributed by atoms with Crippen LogP contribution < -0.4 is 9.78 Å². The minimum absolute atomic E-state index is 0.693. The van der Waals surface area contributed by atoms with E-state index in [4.69, 9.17) is 9.78 Å². The van der Waals surface area contributed by atoms with Gasteiger partial charge in [-0.1, -0.05) is 88.6 Å². The Labute approximate surface area is 181 Å². The summed E-state index contributed by atoms with van der Waals surface area (Å²) in [6, 6.07) is 25.1. The van der Waals surface area contributed by atoms with E-state index in [9.17, 15) is 0 Å². The average molecular weight is 403 g/mol. The van der Waals surface area contributed by atoms with Gasteiger partial charge in [-0.25, -0.2) is 0 Å². The maximum atomic E-state index is 5.50. The lowest BCUT2D eigenvalue weighted by atomic mass is 9.99. The Kier molecular flexibility index (Phi) is 8.38. The first kappa shape index (κ1) is 22.0. The molecule has 0 N–H and O–H groups in total. The van der Waals surface area contributed by atoms with Crippen LogP contribution in [0.3, 0.4) is 0 Å². The van der Waals surface area contributed by atoms with E-state index < -0.39 is 0 Å². The quantitative estimate of drug-likeness (QED) is 0.183. The minimum Gasteiger partial charge on any atom is -0.290 e. The third-order valence-electron chi connectivity index (χ3n) is 5.65. The number of hydrogen-bond donors (Lipinski definition) is 0. The van der Waals surface area contributed by atoms with E-state index in [2.05, 4.69) is 69.3 Å². The molecule has 30 heavy (non-hydrogen) atoms. The van der Waals surface area contributed by atoms with Crippen LogP contribution in [0.15, 0.2) is 72.8 Å². The van der Waals surface area contributed by atoms with Gasteiger partial charge in [0.05, 0.1) is 0 Å². The van der Waals surface area contributed by atoms with Crippen molar-refractivity contribution in [3.8, 4) is 22.6 Å². The molecule has 3 aromatic rings. The van der Waals surface area contributed by atoms with E-state index in [-0.39, 0.29) is 0 Å². The van der Waals surface area contributed by atoms with Crippen LogP contribution in [-0.4, -0.2) is 0 Å². The van der Waals surface area contributed by atoms with Crippen molar-refractivity contribution in [2.24, 2.45) is 5.92 Å². The third-order valence-corrected chi connectivity index (χ3v) is 5.65. The van der Waals surface area contributed by atoms with Gasteiger partial charge in [-0.2, -0.15) is 0 Å². The van der Waals surface area contributed by atoms with Gasteiger partial charge in [0, 0.05) is 0 Å². The first-order valence-corrected chi connectivity index (χ1v) is 11.3. The molecular formula is C28H34O2. The smallest absolute Gasteiger partial charge is 0.178 e. The summed E-state index contributed by atoms with van der Waals surface area (Å²) in [6.07, 6.45) is 7.28. The van der Waals surface area contributed by atoms with Gasteiger partial charge in [0.2, 0.25) is 0 Å². The van der Waals surface area contributed by atoms with Crippen LogP contribution in [0.1, 0.15) is 57.6 Å². The highest BCUT2D eigenvalue weighted by Crippen LogP contribution is 2.24. The molecule has 1 unspecified atom stereocenters. The van der Waals surface area contributed by atoms with Crippen LogP contribution in [-0.2, 0) is 12.8 Å². The van der Waals surface area contributed by atoms with Gasteiger partial charge in [-0.15, -0.1) is 0 Å². The zero-order valence-corrected chi connectivity index (χ0v) is 18.6. The van der Waals surface area contributed by atoms with Gasteiger partial charge in [0.15, 0.2) is 11.5 Å². The van der Waals surface area contributed by atoms with Crippen molar-refractivity contribution in [3.05, 3.63) is 83.9 Å². The van der Waals surface area contributed by atoms with Gasteiger partial charge >= 0.3 is 0 Å². The van der Waals surface area contributed by atoms with E-state index in [0.29, 0.717) is 17.4 Å². The monoisotopic (exact) mass is 402 g/mol. The maximum Gasteiger partial charge on any atom is 0.178 e. The Morgan fingerprint density at radius 2 is 1.13 bits per heavy atom. The Balaban J connectivity index is 1.52. The molecule has 2 nitrogen and oxygen atoms in total. The predicted molar refractivity (Wildman–Crippen MR) is 126 cm³/mol. The molecule has 0 aliphatic carbocycles. The summed E-state index contributed by atoms with van der Waals surface area (Å²) in [5, 5.41) is 0. The molecule has 0 saturated carbocycles. The normalized spacial score (nSPS) is 11.8. The zero-order valence-electron chi connectivity index (χ0n) is 18.6. The van der Waals surface area contributed by atoms with Gasteiger partial charge in [-0.3, -0.25) is 9.78 Å². The Bertz CT molecular complexity index is 864. The second-order valence-corrected chi connectivity index (χ2v) is 8.21. The molecular weight excluding hydrogens is 368 g/mol. The van der Waals surface area contributed by atoms with Crippen LogP contribution in [0.4, 0.5) is 0 Å². The zero-order chi connectivity index (χ0) is 21.2. The summed E-state index contributed by atoms with van der Waals surface area (Å²) < 4.78 is 0. The molecule has 0 aliphatic rings. The molecule has 0 aliphatic heterocycles. The lowest BCUT2D eigenvalue weighted by Crippen LogP contribution is -2.01. The third kappa shape index (κ3) is 6.66. The number of hydrogen-bond acceptors (Lipinski definition) is 2. The summed E-state index contributed by atoms with van der Waals surface area (Å²) in [4.78, 5) is 11.0. The van der Waals surface area contributed by atoms with Gasteiger partial charge in [0.1, 0.15) is 0 Å². The SMILES string of the molecule is CCCCCc1ccc(-c2ccc(OOc3ccc(CC(C)CC)cc3)cc2)cc1. The Morgan fingerprint density at radius 1 is 0.633 bits per heavy atom. The Hall–Kier alpha value is -2.74. The van der Waals surface area contributed by atoms with E-state index in [1.54, 1.807) is 0 Å². The number of unbranched alkanes of at least 4 members (excludes halogenated alkanes) is 2. The molecule has 0 aromatic heterocycles. The molecule has 3 aromatic carbocycles. The van der Waals surface area contributed by atoms with Crippen LogP contribution >= 0.6 is 0 Å². The van der Waals surface area contributed by atoms with Crippen molar-refractivity contribution in [1.82, 2.24) is 0 Å². The largest absolute Gasteiger partial charge is 0.290 e. The van der Waals surface area contributed by atoms with Crippen LogP contribution in [0.25, 0.3) is 11.1 Å². The van der Waals surface area contributed by atoms with Crippen molar-refractivity contribution >= 4 is 0 Å². The molecule has 3 rings (SSSR count). The van der Waals surface area contributed by atoms with Crippen LogP contribution in [0.2, 0.25) is 0 Å². The molecule has 0 saturated heterocycles. The first-order valence-electron chi connectivity index (χ1n) is 11.3. The molecule has 1 atom stereocenters. The molecule has 0 fully saturated rings. The molecule has 0 radical (unpaired) electrons.